The van der Waals surface area contributed by atoms with Gasteiger partial charge in [-0.05, 0) is 33.8 Å². The summed E-state index contributed by atoms with van der Waals surface area (Å²) >= 11 is 1.43. The fraction of sp³-hybridized carbons (Fsp3) is 0.500. The van der Waals surface area contributed by atoms with Gasteiger partial charge in [0, 0.05) is 9.75 Å². The molecule has 88 valence electrons. The highest BCUT2D eigenvalue weighted by Gasteiger charge is 2.27. The number of sulfonamides is 1. The summed E-state index contributed by atoms with van der Waals surface area (Å²) in [6.07, 6.45) is 0. The van der Waals surface area contributed by atoms with Crippen LogP contribution in [-0.4, -0.2) is 14.0 Å². The third kappa shape index (κ3) is 2.82. The SMILES string of the molecule is Cc1cc(S(=O)(=O)NC(C)(C)C#N)c(C)s1. The molecule has 0 radical (unpaired) electrons. The lowest BCUT2D eigenvalue weighted by Crippen LogP contribution is -2.42. The molecule has 16 heavy (non-hydrogen) atoms. The largest absolute Gasteiger partial charge is 0.243 e. The molecule has 0 saturated carbocycles. The summed E-state index contributed by atoms with van der Waals surface area (Å²) in [5.74, 6) is 0. The van der Waals surface area contributed by atoms with Gasteiger partial charge in [0.25, 0.3) is 0 Å². The first-order valence-electron chi connectivity index (χ1n) is 4.70. The molecular formula is C10H14N2O2S2. The molecule has 0 saturated heterocycles. The fourth-order valence-corrected chi connectivity index (χ4v) is 4.17. The van der Waals surface area contributed by atoms with Crippen molar-refractivity contribution in [3.8, 4) is 6.07 Å². The van der Waals surface area contributed by atoms with E-state index in [-0.39, 0.29) is 4.90 Å². The zero-order valence-corrected chi connectivity index (χ0v) is 11.3. The van der Waals surface area contributed by atoms with Gasteiger partial charge in [-0.25, -0.2) is 8.42 Å². The molecular weight excluding hydrogens is 244 g/mol. The minimum Gasteiger partial charge on any atom is -0.207 e. The summed E-state index contributed by atoms with van der Waals surface area (Å²) < 4.78 is 26.3. The Kier molecular flexibility index (Phi) is 3.43. The van der Waals surface area contributed by atoms with Crippen LogP contribution in [0, 0.1) is 25.2 Å². The molecule has 0 amide bonds. The average Bonchev–Trinajstić information content (AvgIpc) is 2.44. The fourth-order valence-electron chi connectivity index (χ4n) is 1.29. The molecule has 0 spiro atoms. The van der Waals surface area contributed by atoms with Gasteiger partial charge in [0.1, 0.15) is 5.54 Å². The highest BCUT2D eigenvalue weighted by atomic mass is 32.2. The maximum atomic E-state index is 12.0. The molecule has 0 aromatic carbocycles. The lowest BCUT2D eigenvalue weighted by atomic mass is 10.1. The van der Waals surface area contributed by atoms with Crippen LogP contribution >= 0.6 is 11.3 Å². The lowest BCUT2D eigenvalue weighted by molar-refractivity contribution is 0.535. The minimum atomic E-state index is -3.60. The molecule has 0 bridgehead atoms. The average molecular weight is 258 g/mol. The Morgan fingerprint density at radius 1 is 1.44 bits per heavy atom. The standard InChI is InChI=1S/C10H14N2O2S2/c1-7-5-9(8(2)15-7)16(13,14)12-10(3,4)6-11/h5,12H,1-4H3. The monoisotopic (exact) mass is 258 g/mol. The quantitative estimate of drug-likeness (QED) is 0.900. The van der Waals surface area contributed by atoms with E-state index in [9.17, 15) is 8.42 Å². The van der Waals surface area contributed by atoms with Gasteiger partial charge in [0.05, 0.1) is 11.0 Å². The van der Waals surface area contributed by atoms with E-state index in [0.717, 1.165) is 9.75 Å². The molecule has 0 aliphatic rings. The zero-order valence-electron chi connectivity index (χ0n) is 9.66. The molecule has 1 N–H and O–H groups in total. The van der Waals surface area contributed by atoms with Gasteiger partial charge in [-0.15, -0.1) is 11.3 Å². The van der Waals surface area contributed by atoms with Gasteiger partial charge in [0.15, 0.2) is 0 Å². The van der Waals surface area contributed by atoms with Crippen molar-refractivity contribution in [2.45, 2.75) is 38.1 Å². The van der Waals surface area contributed by atoms with Crippen LogP contribution in [-0.2, 0) is 10.0 Å². The van der Waals surface area contributed by atoms with Crippen molar-refractivity contribution in [3.05, 3.63) is 15.8 Å². The number of nitrogens with zero attached hydrogens (tertiary/aromatic N) is 1. The van der Waals surface area contributed by atoms with Crippen LogP contribution < -0.4 is 4.72 Å². The van der Waals surface area contributed by atoms with Gasteiger partial charge >= 0.3 is 0 Å². The van der Waals surface area contributed by atoms with E-state index in [1.165, 1.54) is 25.2 Å². The minimum absolute atomic E-state index is 0.262. The Hall–Kier alpha value is -0.900. The number of hydrogen-bond donors (Lipinski definition) is 1. The number of nitrogens with one attached hydrogen (secondary N) is 1. The van der Waals surface area contributed by atoms with Crippen molar-refractivity contribution in [3.63, 3.8) is 0 Å². The first-order chi connectivity index (χ1) is 7.18. The molecule has 0 aliphatic heterocycles. The van der Waals surface area contributed by atoms with Crippen molar-refractivity contribution >= 4 is 21.4 Å². The molecule has 0 fully saturated rings. The predicted octanol–water partition coefficient (Wildman–Crippen LogP) is 1.95. The number of hydrogen-bond acceptors (Lipinski definition) is 4. The topological polar surface area (TPSA) is 70.0 Å². The zero-order chi connectivity index (χ0) is 12.6. The van der Waals surface area contributed by atoms with E-state index in [1.807, 2.05) is 13.0 Å². The van der Waals surface area contributed by atoms with Crippen LogP contribution in [0.4, 0.5) is 0 Å². The van der Waals surface area contributed by atoms with Crippen molar-refractivity contribution in [1.82, 2.24) is 4.72 Å². The third-order valence-corrected chi connectivity index (χ3v) is 4.83. The van der Waals surface area contributed by atoms with Gasteiger partial charge in [-0.3, -0.25) is 0 Å². The summed E-state index contributed by atoms with van der Waals surface area (Å²) in [4.78, 5) is 1.93. The van der Waals surface area contributed by atoms with Crippen LogP contribution in [0.15, 0.2) is 11.0 Å². The lowest BCUT2D eigenvalue weighted by Gasteiger charge is -2.17. The van der Waals surface area contributed by atoms with Crippen molar-refractivity contribution in [2.24, 2.45) is 0 Å². The van der Waals surface area contributed by atoms with Crippen molar-refractivity contribution < 1.29 is 8.42 Å². The number of rotatable bonds is 3. The summed E-state index contributed by atoms with van der Waals surface area (Å²) in [5, 5.41) is 8.80. The summed E-state index contributed by atoms with van der Waals surface area (Å²) in [5.41, 5.74) is -1.10. The summed E-state index contributed by atoms with van der Waals surface area (Å²) in [7, 11) is -3.60. The Balaban J connectivity index is 3.15. The number of nitriles is 1. The molecule has 1 aromatic rings. The highest BCUT2D eigenvalue weighted by molar-refractivity contribution is 7.89. The Bertz CT molecular complexity index is 536. The molecule has 0 aliphatic carbocycles. The highest BCUT2D eigenvalue weighted by Crippen LogP contribution is 2.25. The van der Waals surface area contributed by atoms with Crippen LogP contribution in [0.1, 0.15) is 23.6 Å². The van der Waals surface area contributed by atoms with E-state index in [4.69, 9.17) is 5.26 Å². The van der Waals surface area contributed by atoms with Gasteiger partial charge in [0.2, 0.25) is 10.0 Å². The van der Waals surface area contributed by atoms with E-state index >= 15 is 0 Å². The first kappa shape index (κ1) is 13.2. The first-order valence-corrected chi connectivity index (χ1v) is 7.00. The molecule has 1 rings (SSSR count). The molecule has 1 aromatic heterocycles. The Labute approximate surface area is 100.0 Å². The summed E-state index contributed by atoms with van der Waals surface area (Å²) in [6.45, 7) is 6.66. The second kappa shape index (κ2) is 4.17. The maximum Gasteiger partial charge on any atom is 0.243 e. The smallest absolute Gasteiger partial charge is 0.207 e. The Morgan fingerprint density at radius 2 is 2.00 bits per heavy atom. The van der Waals surface area contributed by atoms with E-state index in [0.29, 0.717) is 0 Å². The third-order valence-electron chi connectivity index (χ3n) is 1.95. The van der Waals surface area contributed by atoms with Crippen LogP contribution in [0.2, 0.25) is 0 Å². The van der Waals surface area contributed by atoms with Gasteiger partial charge in [-0.1, -0.05) is 0 Å². The van der Waals surface area contributed by atoms with E-state index in [2.05, 4.69) is 4.72 Å². The molecule has 0 atom stereocenters. The molecule has 4 nitrogen and oxygen atoms in total. The molecule has 0 unspecified atom stereocenters. The van der Waals surface area contributed by atoms with Crippen LogP contribution in [0.3, 0.4) is 0 Å². The van der Waals surface area contributed by atoms with Crippen LogP contribution in [0.25, 0.3) is 0 Å². The van der Waals surface area contributed by atoms with E-state index < -0.39 is 15.6 Å². The molecule has 1 heterocycles. The maximum absolute atomic E-state index is 12.0. The second-order valence-electron chi connectivity index (χ2n) is 4.12. The number of thiophene rings is 1. The van der Waals surface area contributed by atoms with Crippen molar-refractivity contribution in [2.75, 3.05) is 0 Å². The normalized spacial score (nSPS) is 12.4. The predicted molar refractivity (Wildman–Crippen MR) is 63.8 cm³/mol. The van der Waals surface area contributed by atoms with Gasteiger partial charge < -0.3 is 0 Å². The summed E-state index contributed by atoms with van der Waals surface area (Å²) in [6, 6.07) is 3.53. The van der Waals surface area contributed by atoms with Gasteiger partial charge in [-0.2, -0.15) is 9.98 Å². The van der Waals surface area contributed by atoms with Crippen molar-refractivity contribution in [1.29, 1.82) is 5.26 Å². The Morgan fingerprint density at radius 3 is 2.38 bits per heavy atom. The number of aryl methyl sites for hydroxylation is 2. The molecule has 6 heteroatoms. The second-order valence-corrected chi connectivity index (χ2v) is 7.23. The van der Waals surface area contributed by atoms with E-state index in [1.54, 1.807) is 13.0 Å². The van der Waals surface area contributed by atoms with Crippen LogP contribution in [0.5, 0.6) is 0 Å².